The van der Waals surface area contributed by atoms with Gasteiger partial charge in [-0.15, -0.1) is 0 Å². The number of nitro benzene ring substituents is 1. The standard InChI is InChI=1S/C10H7N3O3S2/c11-12-9(14)8(18-10(12)17)5-6-1-3-7(4-2-6)13(15)16/h1-5H,11H2/b8-5+. The molecule has 0 atom stereocenters. The van der Waals surface area contributed by atoms with Crippen LogP contribution in [0.2, 0.25) is 0 Å². The summed E-state index contributed by atoms with van der Waals surface area (Å²) >= 11 is 5.98. The fourth-order valence-corrected chi connectivity index (χ4v) is 2.43. The van der Waals surface area contributed by atoms with Crippen molar-refractivity contribution in [2.75, 3.05) is 0 Å². The highest BCUT2D eigenvalue weighted by Gasteiger charge is 2.29. The molecule has 1 saturated heterocycles. The number of rotatable bonds is 2. The lowest BCUT2D eigenvalue weighted by Crippen LogP contribution is -2.34. The zero-order valence-electron chi connectivity index (χ0n) is 8.90. The number of thioether (sulfide) groups is 1. The van der Waals surface area contributed by atoms with E-state index >= 15 is 0 Å². The van der Waals surface area contributed by atoms with Crippen molar-refractivity contribution in [1.29, 1.82) is 0 Å². The predicted molar refractivity (Wildman–Crippen MR) is 72.3 cm³/mol. The van der Waals surface area contributed by atoms with Gasteiger partial charge >= 0.3 is 0 Å². The molecule has 8 heteroatoms. The summed E-state index contributed by atoms with van der Waals surface area (Å²) in [6.07, 6.45) is 1.59. The summed E-state index contributed by atoms with van der Waals surface area (Å²) in [5, 5.41) is 11.4. The lowest BCUT2D eigenvalue weighted by atomic mass is 10.2. The Labute approximate surface area is 112 Å². The summed E-state index contributed by atoms with van der Waals surface area (Å²) in [6.45, 7) is 0. The molecule has 1 amide bonds. The number of carbonyl (C=O) groups excluding carboxylic acids is 1. The van der Waals surface area contributed by atoms with Crippen LogP contribution in [-0.4, -0.2) is 20.2 Å². The quantitative estimate of drug-likeness (QED) is 0.221. The molecule has 0 bridgehead atoms. The van der Waals surface area contributed by atoms with Crippen LogP contribution in [0.5, 0.6) is 0 Å². The van der Waals surface area contributed by atoms with Crippen molar-refractivity contribution >= 4 is 46.0 Å². The minimum Gasteiger partial charge on any atom is -0.267 e. The molecule has 0 aliphatic carbocycles. The van der Waals surface area contributed by atoms with Gasteiger partial charge in [0.15, 0.2) is 4.32 Å². The lowest BCUT2D eigenvalue weighted by Gasteiger charge is -2.02. The third-order valence-corrected chi connectivity index (χ3v) is 3.56. The van der Waals surface area contributed by atoms with E-state index in [1.807, 2.05) is 0 Å². The molecule has 1 aliphatic rings. The lowest BCUT2D eigenvalue weighted by molar-refractivity contribution is -0.384. The van der Waals surface area contributed by atoms with E-state index < -0.39 is 4.92 Å². The molecule has 2 N–H and O–H groups in total. The van der Waals surface area contributed by atoms with Crippen LogP contribution < -0.4 is 5.84 Å². The zero-order valence-corrected chi connectivity index (χ0v) is 10.5. The highest BCUT2D eigenvalue weighted by Crippen LogP contribution is 2.30. The Balaban J connectivity index is 2.26. The number of thiocarbonyl (C=S) groups is 1. The second-order valence-electron chi connectivity index (χ2n) is 3.40. The van der Waals surface area contributed by atoms with Crippen LogP contribution in [0, 0.1) is 10.1 Å². The van der Waals surface area contributed by atoms with Gasteiger partial charge in [-0.25, -0.2) is 10.9 Å². The van der Waals surface area contributed by atoms with Crippen molar-refractivity contribution in [1.82, 2.24) is 5.01 Å². The fraction of sp³-hybridized carbons (Fsp3) is 0. The molecule has 0 aromatic heterocycles. The van der Waals surface area contributed by atoms with Crippen LogP contribution in [0.1, 0.15) is 5.56 Å². The van der Waals surface area contributed by atoms with E-state index in [4.69, 9.17) is 18.1 Å². The zero-order chi connectivity index (χ0) is 13.3. The number of nitro groups is 1. The first-order valence-corrected chi connectivity index (χ1v) is 5.98. The van der Waals surface area contributed by atoms with Crippen molar-refractivity contribution < 1.29 is 9.72 Å². The van der Waals surface area contributed by atoms with Gasteiger partial charge in [-0.2, -0.15) is 0 Å². The summed E-state index contributed by atoms with van der Waals surface area (Å²) < 4.78 is 0.285. The molecule has 2 rings (SSSR count). The Kier molecular flexibility index (Phi) is 3.41. The molecular formula is C10H7N3O3S2. The van der Waals surface area contributed by atoms with Gasteiger partial charge in [0.05, 0.1) is 9.83 Å². The number of hydrogen-bond donors (Lipinski definition) is 1. The van der Waals surface area contributed by atoms with E-state index in [1.165, 1.54) is 12.1 Å². The molecule has 1 heterocycles. The first kappa shape index (κ1) is 12.7. The summed E-state index contributed by atoms with van der Waals surface area (Å²) in [7, 11) is 0. The molecule has 6 nitrogen and oxygen atoms in total. The van der Waals surface area contributed by atoms with E-state index in [0.717, 1.165) is 16.8 Å². The molecule has 0 radical (unpaired) electrons. The van der Waals surface area contributed by atoms with Crippen LogP contribution in [-0.2, 0) is 4.79 Å². The predicted octanol–water partition coefficient (Wildman–Crippen LogP) is 1.67. The number of hydrogen-bond acceptors (Lipinski definition) is 6. The van der Waals surface area contributed by atoms with Crippen LogP contribution in [0.3, 0.4) is 0 Å². The number of non-ortho nitro benzene ring substituents is 1. The monoisotopic (exact) mass is 281 g/mol. The molecule has 18 heavy (non-hydrogen) atoms. The van der Waals surface area contributed by atoms with Crippen LogP contribution >= 0.6 is 24.0 Å². The molecule has 1 fully saturated rings. The maximum Gasteiger partial charge on any atom is 0.280 e. The number of nitrogens with two attached hydrogens (primary N) is 1. The van der Waals surface area contributed by atoms with Crippen molar-refractivity contribution in [3.63, 3.8) is 0 Å². The number of carbonyl (C=O) groups is 1. The van der Waals surface area contributed by atoms with E-state index in [2.05, 4.69) is 0 Å². The number of benzene rings is 1. The average molecular weight is 281 g/mol. The number of amides is 1. The summed E-state index contributed by atoms with van der Waals surface area (Å²) in [5.41, 5.74) is 0.674. The van der Waals surface area contributed by atoms with Crippen molar-refractivity contribution in [2.45, 2.75) is 0 Å². The highest BCUT2D eigenvalue weighted by atomic mass is 32.2. The summed E-state index contributed by atoms with van der Waals surface area (Å²) in [5.74, 6) is 5.05. The minimum absolute atomic E-state index is 0.00137. The van der Waals surface area contributed by atoms with Gasteiger partial charge in [-0.3, -0.25) is 14.9 Å². The van der Waals surface area contributed by atoms with Crippen molar-refractivity contribution in [3.05, 3.63) is 44.8 Å². The molecule has 92 valence electrons. The van der Waals surface area contributed by atoms with Gasteiger partial charge in [-0.05, 0) is 23.8 Å². The van der Waals surface area contributed by atoms with Gasteiger partial charge in [0.1, 0.15) is 0 Å². The van der Waals surface area contributed by atoms with Crippen LogP contribution in [0.15, 0.2) is 29.2 Å². The number of nitrogens with zero attached hydrogens (tertiary/aromatic N) is 2. The smallest absolute Gasteiger partial charge is 0.267 e. The van der Waals surface area contributed by atoms with Crippen molar-refractivity contribution in [3.8, 4) is 0 Å². The molecule has 0 saturated carbocycles. The third-order valence-electron chi connectivity index (χ3n) is 2.23. The summed E-state index contributed by atoms with van der Waals surface area (Å²) in [6, 6.07) is 5.85. The van der Waals surface area contributed by atoms with E-state index in [9.17, 15) is 14.9 Å². The topological polar surface area (TPSA) is 89.5 Å². The SMILES string of the molecule is NN1C(=O)/C(=C\c2ccc([N+](=O)[O-])cc2)SC1=S. The van der Waals surface area contributed by atoms with Crippen molar-refractivity contribution in [2.24, 2.45) is 5.84 Å². The van der Waals surface area contributed by atoms with Gasteiger partial charge in [0, 0.05) is 12.1 Å². The molecule has 1 aliphatic heterocycles. The molecule has 1 aromatic rings. The Morgan fingerprint density at radius 1 is 1.39 bits per heavy atom. The first-order valence-electron chi connectivity index (χ1n) is 4.76. The van der Waals surface area contributed by atoms with Gasteiger partial charge < -0.3 is 0 Å². The van der Waals surface area contributed by atoms with Gasteiger partial charge in [0.2, 0.25) is 0 Å². The third kappa shape index (κ3) is 2.40. The highest BCUT2D eigenvalue weighted by molar-refractivity contribution is 8.26. The Morgan fingerprint density at radius 2 is 2.00 bits per heavy atom. The Morgan fingerprint density at radius 3 is 2.44 bits per heavy atom. The minimum atomic E-state index is -0.483. The average Bonchev–Trinajstić information content (AvgIpc) is 2.58. The van der Waals surface area contributed by atoms with E-state index in [1.54, 1.807) is 18.2 Å². The van der Waals surface area contributed by atoms with Crippen LogP contribution in [0.25, 0.3) is 6.08 Å². The molecule has 1 aromatic carbocycles. The Bertz CT molecular complexity index is 568. The first-order chi connectivity index (χ1) is 8.49. The van der Waals surface area contributed by atoms with E-state index in [0.29, 0.717) is 10.5 Å². The van der Waals surface area contributed by atoms with Gasteiger partial charge in [-0.1, -0.05) is 24.0 Å². The fourth-order valence-electron chi connectivity index (χ4n) is 1.32. The maximum absolute atomic E-state index is 11.6. The van der Waals surface area contributed by atoms with E-state index in [-0.39, 0.29) is 15.9 Å². The number of hydrazine groups is 1. The second-order valence-corrected chi connectivity index (χ2v) is 5.08. The molecular weight excluding hydrogens is 274 g/mol. The second kappa shape index (κ2) is 4.84. The summed E-state index contributed by atoms with van der Waals surface area (Å²) in [4.78, 5) is 22.0. The molecule has 0 unspecified atom stereocenters. The maximum atomic E-state index is 11.6. The largest absolute Gasteiger partial charge is 0.280 e. The Hall–Kier alpha value is -1.77. The van der Waals surface area contributed by atoms with Crippen LogP contribution in [0.4, 0.5) is 5.69 Å². The molecule has 0 spiro atoms. The van der Waals surface area contributed by atoms with Gasteiger partial charge in [0.25, 0.3) is 11.6 Å². The normalized spacial score (nSPS) is 17.6.